The Morgan fingerprint density at radius 3 is 3.15 bits per heavy atom. The quantitative estimate of drug-likeness (QED) is 0.730. The first-order chi connectivity index (χ1) is 9.74. The van der Waals surface area contributed by atoms with E-state index in [1.54, 1.807) is 29.2 Å². The van der Waals surface area contributed by atoms with Gasteiger partial charge in [-0.1, -0.05) is 6.07 Å². The summed E-state index contributed by atoms with van der Waals surface area (Å²) in [5, 5.41) is 20.9. The number of hydrogen-bond acceptors (Lipinski definition) is 5. The first-order valence-electron chi connectivity index (χ1n) is 6.24. The van der Waals surface area contributed by atoms with Crippen LogP contribution in [0.25, 0.3) is 10.6 Å². The molecule has 0 saturated heterocycles. The molecule has 2 heterocycles. The molecule has 20 heavy (non-hydrogen) atoms. The Bertz CT molecular complexity index is 540. The molecule has 5 nitrogen and oxygen atoms in total. The topological polar surface area (TPSA) is 78.0 Å². The number of carbonyl (C=O) groups excluding carboxylic acids is 1. The number of thiophene rings is 1. The number of nitrogens with one attached hydrogen (secondary N) is 2. The summed E-state index contributed by atoms with van der Waals surface area (Å²) in [5.41, 5.74) is 1.17. The van der Waals surface area contributed by atoms with Crippen LogP contribution in [0.4, 0.5) is 0 Å². The molecule has 108 valence electrons. The van der Waals surface area contributed by atoms with Crippen LogP contribution >= 0.6 is 23.1 Å². The van der Waals surface area contributed by atoms with Crippen LogP contribution in [0.15, 0.2) is 23.6 Å². The SMILES string of the molecule is CSCC[C@@H](CO)NC(=O)c1cc(-c2cccs2)[nH]n1. The van der Waals surface area contributed by atoms with Gasteiger partial charge < -0.3 is 10.4 Å². The molecule has 0 aliphatic rings. The van der Waals surface area contributed by atoms with E-state index < -0.39 is 0 Å². The molecule has 0 bridgehead atoms. The fourth-order valence-corrected chi connectivity index (χ4v) is 2.94. The molecule has 0 spiro atoms. The molecular weight excluding hydrogens is 294 g/mol. The third kappa shape index (κ3) is 3.84. The van der Waals surface area contributed by atoms with E-state index in [1.807, 2.05) is 23.8 Å². The number of rotatable bonds is 7. The number of hydrogen-bond donors (Lipinski definition) is 3. The highest BCUT2D eigenvalue weighted by Gasteiger charge is 2.16. The molecule has 0 unspecified atom stereocenters. The minimum absolute atomic E-state index is 0.0610. The summed E-state index contributed by atoms with van der Waals surface area (Å²) in [6, 6.07) is 5.42. The molecule has 0 aliphatic carbocycles. The summed E-state index contributed by atoms with van der Waals surface area (Å²) in [5.74, 6) is 0.635. The van der Waals surface area contributed by atoms with Crippen molar-refractivity contribution in [3.8, 4) is 10.6 Å². The molecule has 2 aromatic heterocycles. The van der Waals surface area contributed by atoms with Crippen molar-refractivity contribution < 1.29 is 9.90 Å². The molecule has 2 rings (SSSR count). The van der Waals surface area contributed by atoms with Crippen molar-refractivity contribution in [3.05, 3.63) is 29.3 Å². The van der Waals surface area contributed by atoms with Crippen molar-refractivity contribution in [2.75, 3.05) is 18.6 Å². The molecule has 0 fully saturated rings. The Morgan fingerprint density at radius 1 is 1.65 bits per heavy atom. The predicted octanol–water partition coefficient (Wildman–Crippen LogP) is 1.98. The second-order valence-corrected chi connectivity index (χ2v) is 6.21. The molecule has 0 aliphatic heterocycles. The fraction of sp³-hybridized carbons (Fsp3) is 0.385. The van der Waals surface area contributed by atoms with Gasteiger partial charge in [0.1, 0.15) is 0 Å². The van der Waals surface area contributed by atoms with Gasteiger partial charge in [-0.15, -0.1) is 11.3 Å². The Balaban J connectivity index is 1.99. The maximum atomic E-state index is 12.1. The third-order valence-electron chi connectivity index (χ3n) is 2.82. The van der Waals surface area contributed by atoms with Gasteiger partial charge in [0, 0.05) is 0 Å². The number of H-pyrrole nitrogens is 1. The summed E-state index contributed by atoms with van der Waals surface area (Å²) in [7, 11) is 0. The number of aromatic nitrogens is 2. The van der Waals surface area contributed by atoms with Gasteiger partial charge in [0.15, 0.2) is 5.69 Å². The van der Waals surface area contributed by atoms with Gasteiger partial charge in [-0.2, -0.15) is 16.9 Å². The van der Waals surface area contributed by atoms with Crippen LogP contribution in [0.5, 0.6) is 0 Å². The highest BCUT2D eigenvalue weighted by Crippen LogP contribution is 2.22. The highest BCUT2D eigenvalue weighted by molar-refractivity contribution is 7.98. The van der Waals surface area contributed by atoms with Crippen LogP contribution in [0.3, 0.4) is 0 Å². The first-order valence-corrected chi connectivity index (χ1v) is 8.52. The van der Waals surface area contributed by atoms with Gasteiger partial charge in [0.2, 0.25) is 0 Å². The molecule has 0 aromatic carbocycles. The lowest BCUT2D eigenvalue weighted by molar-refractivity contribution is 0.0910. The van der Waals surface area contributed by atoms with Gasteiger partial charge in [0.05, 0.1) is 23.2 Å². The molecule has 7 heteroatoms. The van der Waals surface area contributed by atoms with Crippen LogP contribution in [0.1, 0.15) is 16.9 Å². The average molecular weight is 311 g/mol. The first kappa shape index (κ1) is 15.1. The Hall–Kier alpha value is -1.31. The van der Waals surface area contributed by atoms with Crippen molar-refractivity contribution in [2.24, 2.45) is 0 Å². The summed E-state index contributed by atoms with van der Waals surface area (Å²) >= 11 is 3.27. The highest BCUT2D eigenvalue weighted by atomic mass is 32.2. The standard InChI is InChI=1S/C13H17N3O2S2/c1-19-6-4-9(8-17)14-13(18)11-7-10(15-16-11)12-3-2-5-20-12/h2-3,5,7,9,17H,4,6,8H2,1H3,(H,14,18)(H,15,16)/t9-/m0/s1. The molecule has 1 atom stereocenters. The smallest absolute Gasteiger partial charge is 0.272 e. The van der Waals surface area contributed by atoms with Crippen LogP contribution in [0.2, 0.25) is 0 Å². The van der Waals surface area contributed by atoms with Crippen LogP contribution in [-0.4, -0.2) is 45.9 Å². The lowest BCUT2D eigenvalue weighted by Gasteiger charge is -2.14. The average Bonchev–Trinajstić information content (AvgIpc) is 3.12. The Morgan fingerprint density at radius 2 is 2.50 bits per heavy atom. The van der Waals surface area contributed by atoms with Gasteiger partial charge in [-0.3, -0.25) is 9.89 Å². The van der Waals surface area contributed by atoms with Crippen LogP contribution in [-0.2, 0) is 0 Å². The number of aliphatic hydroxyl groups is 1. The van der Waals surface area contributed by atoms with Gasteiger partial charge in [-0.25, -0.2) is 0 Å². The van der Waals surface area contributed by atoms with E-state index in [4.69, 9.17) is 0 Å². The van der Waals surface area contributed by atoms with Crippen LogP contribution in [0, 0.1) is 0 Å². The van der Waals surface area contributed by atoms with Crippen LogP contribution < -0.4 is 5.32 Å². The molecular formula is C13H17N3O2S2. The summed E-state index contributed by atoms with van der Waals surface area (Å²) < 4.78 is 0. The van der Waals surface area contributed by atoms with Gasteiger partial charge in [-0.05, 0) is 35.9 Å². The minimum Gasteiger partial charge on any atom is -0.394 e. The predicted molar refractivity (Wildman–Crippen MR) is 83.2 cm³/mol. The Kier molecular flexibility index (Phi) is 5.63. The van der Waals surface area contributed by atoms with Gasteiger partial charge in [0.25, 0.3) is 5.91 Å². The maximum Gasteiger partial charge on any atom is 0.272 e. The third-order valence-corrected chi connectivity index (χ3v) is 4.37. The van der Waals surface area contributed by atoms with E-state index >= 15 is 0 Å². The monoisotopic (exact) mass is 311 g/mol. The number of amides is 1. The van der Waals surface area contributed by atoms with E-state index in [0.717, 1.165) is 22.7 Å². The maximum absolute atomic E-state index is 12.1. The van der Waals surface area contributed by atoms with Crippen molar-refractivity contribution in [1.29, 1.82) is 0 Å². The molecule has 0 saturated carbocycles. The summed E-state index contributed by atoms with van der Waals surface area (Å²) in [6.45, 7) is -0.0610. The van der Waals surface area contributed by atoms with E-state index in [0.29, 0.717) is 5.69 Å². The van der Waals surface area contributed by atoms with E-state index in [-0.39, 0.29) is 18.6 Å². The minimum atomic E-state index is -0.260. The van der Waals surface area contributed by atoms with Crippen molar-refractivity contribution in [1.82, 2.24) is 15.5 Å². The number of nitrogens with zero attached hydrogens (tertiary/aromatic N) is 1. The summed E-state index contributed by atoms with van der Waals surface area (Å²) in [6.07, 6.45) is 2.74. The summed E-state index contributed by atoms with van der Waals surface area (Å²) in [4.78, 5) is 13.1. The second-order valence-electron chi connectivity index (χ2n) is 4.28. The number of thioether (sulfide) groups is 1. The van der Waals surface area contributed by atoms with E-state index in [2.05, 4.69) is 15.5 Å². The lowest BCUT2D eigenvalue weighted by Crippen LogP contribution is -2.38. The molecule has 1 amide bonds. The van der Waals surface area contributed by atoms with Crippen molar-refractivity contribution in [3.63, 3.8) is 0 Å². The lowest BCUT2D eigenvalue weighted by atomic mass is 10.2. The zero-order valence-electron chi connectivity index (χ0n) is 11.1. The number of carbonyl (C=O) groups is 1. The zero-order chi connectivity index (χ0) is 14.4. The molecule has 3 N–H and O–H groups in total. The number of aliphatic hydroxyl groups excluding tert-OH is 1. The second kappa shape index (κ2) is 7.47. The Labute approximate surface area is 125 Å². The van der Waals surface area contributed by atoms with Gasteiger partial charge >= 0.3 is 0 Å². The zero-order valence-corrected chi connectivity index (χ0v) is 12.8. The van der Waals surface area contributed by atoms with E-state index in [1.165, 1.54) is 0 Å². The molecule has 0 radical (unpaired) electrons. The number of aromatic amines is 1. The molecule has 2 aromatic rings. The normalized spacial score (nSPS) is 12.3. The van der Waals surface area contributed by atoms with E-state index in [9.17, 15) is 9.90 Å². The fourth-order valence-electron chi connectivity index (χ4n) is 1.72. The van der Waals surface area contributed by atoms with Crippen molar-refractivity contribution >= 4 is 29.0 Å². The van der Waals surface area contributed by atoms with Crippen molar-refractivity contribution in [2.45, 2.75) is 12.5 Å². The largest absolute Gasteiger partial charge is 0.394 e.